The van der Waals surface area contributed by atoms with Gasteiger partial charge in [-0.1, -0.05) is 46.5 Å². The van der Waals surface area contributed by atoms with Crippen molar-refractivity contribution in [2.24, 2.45) is 16.8 Å². The van der Waals surface area contributed by atoms with Gasteiger partial charge < -0.3 is 20.3 Å². The maximum Gasteiger partial charge on any atom is 0.243 e. The fourth-order valence-corrected chi connectivity index (χ4v) is 4.42. The Morgan fingerprint density at radius 1 is 1.14 bits per heavy atom. The largest absolute Gasteiger partial charge is 0.378 e. The molecular weight excluding hydrogens is 479 g/mol. The van der Waals surface area contributed by atoms with Crippen molar-refractivity contribution in [1.82, 2.24) is 15.5 Å². The first-order valence-corrected chi connectivity index (χ1v) is 11.3. The van der Waals surface area contributed by atoms with E-state index in [1.165, 1.54) is 25.7 Å². The predicted molar refractivity (Wildman–Crippen MR) is 131 cm³/mol. The van der Waals surface area contributed by atoms with Crippen LogP contribution in [0, 0.1) is 11.8 Å². The number of likely N-dealkylation sites (N-methyl/N-ethyl adjacent to an activating group) is 1. The Balaban J connectivity index is 0.00000420. The molecule has 1 aliphatic heterocycles. The van der Waals surface area contributed by atoms with E-state index < -0.39 is 0 Å². The number of ether oxygens (including phenoxy) is 1. The van der Waals surface area contributed by atoms with E-state index in [-0.39, 0.29) is 36.4 Å². The molecule has 0 aromatic heterocycles. The first-order chi connectivity index (χ1) is 13.4. The lowest BCUT2D eigenvalue weighted by Gasteiger charge is -2.36. The van der Waals surface area contributed by atoms with Crippen molar-refractivity contribution in [3.8, 4) is 0 Å². The molecule has 7 heteroatoms. The zero-order valence-electron chi connectivity index (χ0n) is 19.1. The van der Waals surface area contributed by atoms with Gasteiger partial charge in [-0.2, -0.15) is 0 Å². The second-order valence-electron chi connectivity index (χ2n) is 8.82. The molecule has 1 saturated heterocycles. The molecule has 2 fully saturated rings. The Labute approximate surface area is 195 Å². The van der Waals surface area contributed by atoms with Crippen molar-refractivity contribution < 1.29 is 9.53 Å². The SMILES string of the molecule is CCC(CC)C1CC(NC(=NCC(=O)N(C)C)NC2CCCCC2C)CCO1.I. The molecule has 4 unspecified atom stereocenters. The van der Waals surface area contributed by atoms with Gasteiger partial charge in [-0.05, 0) is 37.5 Å². The molecular formula is C22H43IN4O2. The predicted octanol–water partition coefficient (Wildman–Crippen LogP) is 3.79. The average molecular weight is 523 g/mol. The number of nitrogens with zero attached hydrogens (tertiary/aromatic N) is 2. The second-order valence-corrected chi connectivity index (χ2v) is 8.82. The van der Waals surface area contributed by atoms with Gasteiger partial charge in [-0.25, -0.2) is 4.99 Å². The number of carbonyl (C=O) groups excluding carboxylic acids is 1. The van der Waals surface area contributed by atoms with E-state index >= 15 is 0 Å². The Kier molecular flexibility index (Phi) is 12.5. The summed E-state index contributed by atoms with van der Waals surface area (Å²) in [4.78, 5) is 18.3. The van der Waals surface area contributed by atoms with Crippen molar-refractivity contribution in [2.45, 2.75) is 90.3 Å². The van der Waals surface area contributed by atoms with E-state index in [1.807, 2.05) is 0 Å². The highest BCUT2D eigenvalue weighted by Crippen LogP contribution is 2.26. The van der Waals surface area contributed by atoms with Crippen molar-refractivity contribution >= 4 is 35.8 Å². The van der Waals surface area contributed by atoms with Crippen molar-refractivity contribution in [1.29, 1.82) is 0 Å². The van der Waals surface area contributed by atoms with Gasteiger partial charge >= 0.3 is 0 Å². The number of rotatable bonds is 7. The van der Waals surface area contributed by atoms with Gasteiger partial charge in [0.05, 0.1) is 6.10 Å². The summed E-state index contributed by atoms with van der Waals surface area (Å²) < 4.78 is 6.07. The van der Waals surface area contributed by atoms with Crippen LogP contribution in [0.15, 0.2) is 4.99 Å². The highest BCUT2D eigenvalue weighted by molar-refractivity contribution is 14.0. The molecule has 4 atom stereocenters. The Morgan fingerprint density at radius 2 is 1.83 bits per heavy atom. The standard InChI is InChI=1S/C22H42N4O2.HI/c1-6-17(7-2)20-14-18(12-13-28-20)24-22(23-15-21(27)26(4)5)25-19-11-9-8-10-16(19)3;/h16-20H,6-15H2,1-5H3,(H2,23,24,25);1H. The Morgan fingerprint density at radius 3 is 2.45 bits per heavy atom. The van der Waals surface area contributed by atoms with Gasteiger partial charge in [-0.3, -0.25) is 4.79 Å². The molecule has 2 rings (SSSR count). The summed E-state index contributed by atoms with van der Waals surface area (Å²) in [5, 5.41) is 7.29. The van der Waals surface area contributed by atoms with Crippen LogP contribution < -0.4 is 10.6 Å². The normalized spacial score (nSPS) is 27.9. The molecule has 1 heterocycles. The minimum absolute atomic E-state index is 0. The minimum atomic E-state index is 0. The first-order valence-electron chi connectivity index (χ1n) is 11.3. The number of halogens is 1. The number of amides is 1. The summed E-state index contributed by atoms with van der Waals surface area (Å²) in [6, 6.07) is 0.781. The minimum Gasteiger partial charge on any atom is -0.378 e. The third-order valence-electron chi connectivity index (χ3n) is 6.54. The molecule has 170 valence electrons. The van der Waals surface area contributed by atoms with Crippen LogP contribution in [0.5, 0.6) is 0 Å². The van der Waals surface area contributed by atoms with Gasteiger partial charge in [0.1, 0.15) is 6.54 Å². The summed E-state index contributed by atoms with van der Waals surface area (Å²) in [7, 11) is 3.56. The lowest BCUT2D eigenvalue weighted by atomic mass is 9.86. The van der Waals surface area contributed by atoms with E-state index in [0.29, 0.717) is 30.0 Å². The fraction of sp³-hybridized carbons (Fsp3) is 0.909. The molecule has 1 aliphatic carbocycles. The summed E-state index contributed by atoms with van der Waals surface area (Å²) in [6.07, 6.45) is 9.64. The molecule has 0 aromatic carbocycles. The molecule has 6 nitrogen and oxygen atoms in total. The quantitative estimate of drug-likeness (QED) is 0.304. The van der Waals surface area contributed by atoms with Gasteiger partial charge in [0, 0.05) is 32.8 Å². The lowest BCUT2D eigenvalue weighted by molar-refractivity contribution is -0.127. The number of hydrogen-bond donors (Lipinski definition) is 2. The number of guanidine groups is 1. The van der Waals surface area contributed by atoms with E-state index in [0.717, 1.165) is 38.2 Å². The molecule has 0 spiro atoms. The van der Waals surface area contributed by atoms with E-state index in [2.05, 4.69) is 36.4 Å². The number of carbonyl (C=O) groups is 1. The molecule has 2 aliphatic rings. The highest BCUT2D eigenvalue weighted by atomic mass is 127. The van der Waals surface area contributed by atoms with Gasteiger partial charge in [-0.15, -0.1) is 24.0 Å². The van der Waals surface area contributed by atoms with Crippen LogP contribution in [-0.4, -0.2) is 62.2 Å². The van der Waals surface area contributed by atoms with E-state index in [1.54, 1.807) is 19.0 Å². The summed E-state index contributed by atoms with van der Waals surface area (Å²) in [5.74, 6) is 2.08. The van der Waals surface area contributed by atoms with Crippen LogP contribution in [0.1, 0.15) is 72.1 Å². The maximum atomic E-state index is 12.1. The van der Waals surface area contributed by atoms with Crippen LogP contribution in [0.25, 0.3) is 0 Å². The van der Waals surface area contributed by atoms with Crippen LogP contribution in [0.2, 0.25) is 0 Å². The smallest absolute Gasteiger partial charge is 0.243 e. The first kappa shape index (κ1) is 26.5. The molecule has 0 bridgehead atoms. The summed E-state index contributed by atoms with van der Waals surface area (Å²) in [6.45, 7) is 7.79. The average Bonchev–Trinajstić information content (AvgIpc) is 2.68. The molecule has 1 amide bonds. The molecule has 29 heavy (non-hydrogen) atoms. The van der Waals surface area contributed by atoms with Crippen molar-refractivity contribution in [2.75, 3.05) is 27.2 Å². The third-order valence-corrected chi connectivity index (χ3v) is 6.54. The lowest BCUT2D eigenvalue weighted by Crippen LogP contribution is -2.52. The Hall–Kier alpha value is -0.570. The Bertz CT molecular complexity index is 511. The summed E-state index contributed by atoms with van der Waals surface area (Å²) in [5.41, 5.74) is 0. The number of nitrogens with one attached hydrogen (secondary N) is 2. The number of aliphatic imine (C=N–C) groups is 1. The fourth-order valence-electron chi connectivity index (χ4n) is 4.42. The van der Waals surface area contributed by atoms with Crippen molar-refractivity contribution in [3.63, 3.8) is 0 Å². The van der Waals surface area contributed by atoms with Crippen LogP contribution >= 0.6 is 24.0 Å². The van der Waals surface area contributed by atoms with E-state index in [4.69, 9.17) is 4.74 Å². The molecule has 0 radical (unpaired) electrons. The van der Waals surface area contributed by atoms with Crippen LogP contribution in [0.3, 0.4) is 0 Å². The molecule has 0 aromatic rings. The second kappa shape index (κ2) is 13.7. The van der Waals surface area contributed by atoms with Gasteiger partial charge in [0.2, 0.25) is 5.91 Å². The molecule has 1 saturated carbocycles. The zero-order valence-corrected chi connectivity index (χ0v) is 21.4. The summed E-state index contributed by atoms with van der Waals surface area (Å²) >= 11 is 0. The van der Waals surface area contributed by atoms with E-state index in [9.17, 15) is 4.79 Å². The van der Waals surface area contributed by atoms with Crippen molar-refractivity contribution in [3.05, 3.63) is 0 Å². The van der Waals surface area contributed by atoms with Gasteiger partial charge in [0.25, 0.3) is 0 Å². The number of hydrogen-bond acceptors (Lipinski definition) is 3. The topological polar surface area (TPSA) is 66.0 Å². The van der Waals surface area contributed by atoms with Crippen LogP contribution in [-0.2, 0) is 9.53 Å². The zero-order chi connectivity index (χ0) is 20.5. The van der Waals surface area contributed by atoms with Crippen LogP contribution in [0.4, 0.5) is 0 Å². The third kappa shape index (κ3) is 8.59. The van der Waals surface area contributed by atoms with Gasteiger partial charge in [0.15, 0.2) is 5.96 Å². The molecule has 2 N–H and O–H groups in total. The maximum absolute atomic E-state index is 12.1. The monoisotopic (exact) mass is 522 g/mol. The highest BCUT2D eigenvalue weighted by Gasteiger charge is 2.29.